The van der Waals surface area contributed by atoms with Crippen LogP contribution in [-0.2, 0) is 6.61 Å². The van der Waals surface area contributed by atoms with Gasteiger partial charge < -0.3 is 4.74 Å². The second-order valence-electron chi connectivity index (χ2n) is 6.34. The number of ether oxygens (including phenoxy) is 1. The van der Waals surface area contributed by atoms with Crippen LogP contribution >= 0.6 is 0 Å². The molecule has 3 rings (SSSR count). The van der Waals surface area contributed by atoms with Crippen molar-refractivity contribution in [1.29, 1.82) is 0 Å². The van der Waals surface area contributed by atoms with E-state index in [-0.39, 0.29) is 6.04 Å². The molecule has 0 amide bonds. The molecule has 0 heterocycles. The first-order valence-corrected chi connectivity index (χ1v) is 9.20. The van der Waals surface area contributed by atoms with Gasteiger partial charge in [-0.15, -0.1) is 0 Å². The predicted octanol–water partition coefficient (Wildman–Crippen LogP) is 6.23. The van der Waals surface area contributed by atoms with Gasteiger partial charge in [0.2, 0.25) is 0 Å². The molecule has 132 valence electrons. The van der Waals surface area contributed by atoms with Crippen LogP contribution < -0.4 is 4.74 Å². The summed E-state index contributed by atoms with van der Waals surface area (Å²) in [6, 6.07) is 29.0. The molecule has 1 unspecified atom stereocenters. The van der Waals surface area contributed by atoms with Gasteiger partial charge >= 0.3 is 0 Å². The number of aliphatic imine (C=N–C) groups is 1. The molecule has 0 aromatic heterocycles. The third-order valence-electron chi connectivity index (χ3n) is 4.28. The molecule has 0 aliphatic carbocycles. The summed E-state index contributed by atoms with van der Waals surface area (Å²) in [4.78, 5) is 4.81. The van der Waals surface area contributed by atoms with E-state index >= 15 is 0 Å². The highest BCUT2D eigenvalue weighted by atomic mass is 16.5. The summed E-state index contributed by atoms with van der Waals surface area (Å²) >= 11 is 0. The molecule has 0 N–H and O–H groups in total. The van der Waals surface area contributed by atoms with Crippen molar-refractivity contribution >= 4 is 6.21 Å². The lowest BCUT2D eigenvalue weighted by molar-refractivity contribution is 0.306. The maximum Gasteiger partial charge on any atom is 0.119 e. The van der Waals surface area contributed by atoms with Gasteiger partial charge in [0.25, 0.3) is 0 Å². The Morgan fingerprint density at radius 3 is 2.15 bits per heavy atom. The highest BCUT2D eigenvalue weighted by molar-refractivity contribution is 5.80. The Morgan fingerprint density at radius 2 is 1.50 bits per heavy atom. The fraction of sp³-hybridized carbons (Fsp3) is 0.208. The van der Waals surface area contributed by atoms with E-state index in [1.165, 1.54) is 11.1 Å². The van der Waals surface area contributed by atoms with E-state index in [4.69, 9.17) is 9.73 Å². The van der Waals surface area contributed by atoms with Gasteiger partial charge in [-0.05, 0) is 47.4 Å². The van der Waals surface area contributed by atoms with Gasteiger partial charge in [0.15, 0.2) is 0 Å². The first-order valence-electron chi connectivity index (χ1n) is 9.20. The van der Waals surface area contributed by atoms with Crippen molar-refractivity contribution in [2.24, 2.45) is 4.99 Å². The van der Waals surface area contributed by atoms with Crippen LogP contribution in [0.5, 0.6) is 5.75 Å². The fourth-order valence-electron chi connectivity index (χ4n) is 2.84. The maximum absolute atomic E-state index is 5.84. The molecular weight excluding hydrogens is 318 g/mol. The van der Waals surface area contributed by atoms with Crippen molar-refractivity contribution in [3.05, 3.63) is 102 Å². The van der Waals surface area contributed by atoms with E-state index in [1.807, 2.05) is 42.6 Å². The minimum atomic E-state index is 0.218. The van der Waals surface area contributed by atoms with E-state index in [2.05, 4.69) is 55.5 Å². The molecule has 0 saturated heterocycles. The Hall–Kier alpha value is -2.87. The van der Waals surface area contributed by atoms with Gasteiger partial charge in [0.1, 0.15) is 12.4 Å². The number of benzene rings is 3. The zero-order chi connectivity index (χ0) is 18.0. The zero-order valence-electron chi connectivity index (χ0n) is 15.2. The summed E-state index contributed by atoms with van der Waals surface area (Å²) < 4.78 is 5.84. The molecular formula is C24H25NO. The van der Waals surface area contributed by atoms with Gasteiger partial charge in [-0.2, -0.15) is 0 Å². The quantitative estimate of drug-likeness (QED) is 0.445. The van der Waals surface area contributed by atoms with Crippen LogP contribution in [0.2, 0.25) is 0 Å². The van der Waals surface area contributed by atoms with Crippen molar-refractivity contribution in [2.75, 3.05) is 0 Å². The topological polar surface area (TPSA) is 21.6 Å². The van der Waals surface area contributed by atoms with Gasteiger partial charge in [0.05, 0.1) is 6.04 Å². The first-order chi connectivity index (χ1) is 12.8. The SMILES string of the molecule is CCCC(N=Cc1ccc(OCc2ccccc2)cc1)c1ccccc1. The normalized spacial score (nSPS) is 12.2. The predicted molar refractivity (Wildman–Crippen MR) is 109 cm³/mol. The van der Waals surface area contributed by atoms with E-state index in [1.54, 1.807) is 0 Å². The van der Waals surface area contributed by atoms with Gasteiger partial charge in [-0.3, -0.25) is 4.99 Å². The number of rotatable bonds is 8. The van der Waals surface area contributed by atoms with Crippen molar-refractivity contribution in [3.8, 4) is 5.75 Å². The molecule has 3 aromatic rings. The van der Waals surface area contributed by atoms with E-state index in [0.717, 1.165) is 24.2 Å². The first kappa shape index (κ1) is 17.9. The highest BCUT2D eigenvalue weighted by Crippen LogP contribution is 2.22. The molecule has 1 atom stereocenters. The molecule has 0 radical (unpaired) electrons. The van der Waals surface area contributed by atoms with Gasteiger partial charge in [-0.1, -0.05) is 74.0 Å². The van der Waals surface area contributed by atoms with Crippen LogP contribution in [0.1, 0.15) is 42.5 Å². The molecule has 0 spiro atoms. The monoisotopic (exact) mass is 343 g/mol. The Morgan fingerprint density at radius 1 is 0.846 bits per heavy atom. The maximum atomic E-state index is 5.84. The summed E-state index contributed by atoms with van der Waals surface area (Å²) in [7, 11) is 0. The lowest BCUT2D eigenvalue weighted by Crippen LogP contribution is -1.97. The second kappa shape index (κ2) is 9.57. The van der Waals surface area contributed by atoms with Crippen molar-refractivity contribution in [2.45, 2.75) is 32.4 Å². The van der Waals surface area contributed by atoms with Crippen LogP contribution in [0.4, 0.5) is 0 Å². The van der Waals surface area contributed by atoms with Gasteiger partial charge in [0, 0.05) is 6.21 Å². The number of hydrogen-bond acceptors (Lipinski definition) is 2. The molecule has 2 nitrogen and oxygen atoms in total. The van der Waals surface area contributed by atoms with Crippen LogP contribution in [0, 0.1) is 0 Å². The molecule has 26 heavy (non-hydrogen) atoms. The minimum Gasteiger partial charge on any atom is -0.489 e. The molecule has 0 bridgehead atoms. The Kier molecular flexibility index (Phi) is 6.60. The van der Waals surface area contributed by atoms with Crippen LogP contribution in [0.3, 0.4) is 0 Å². The third-order valence-corrected chi connectivity index (χ3v) is 4.28. The third kappa shape index (κ3) is 5.32. The van der Waals surface area contributed by atoms with Crippen molar-refractivity contribution < 1.29 is 4.74 Å². The van der Waals surface area contributed by atoms with Crippen LogP contribution in [-0.4, -0.2) is 6.21 Å². The smallest absolute Gasteiger partial charge is 0.119 e. The van der Waals surface area contributed by atoms with Crippen molar-refractivity contribution in [1.82, 2.24) is 0 Å². The summed E-state index contributed by atoms with van der Waals surface area (Å²) in [6.45, 7) is 2.78. The average Bonchev–Trinajstić information content (AvgIpc) is 2.72. The second-order valence-corrected chi connectivity index (χ2v) is 6.34. The summed E-state index contributed by atoms with van der Waals surface area (Å²) in [5, 5.41) is 0. The van der Waals surface area contributed by atoms with Crippen LogP contribution in [0.15, 0.2) is 89.9 Å². The van der Waals surface area contributed by atoms with E-state index in [9.17, 15) is 0 Å². The highest BCUT2D eigenvalue weighted by Gasteiger charge is 2.07. The molecule has 0 saturated carbocycles. The summed E-state index contributed by atoms with van der Waals surface area (Å²) in [5.41, 5.74) is 3.53. The lowest BCUT2D eigenvalue weighted by Gasteiger charge is -2.11. The average molecular weight is 343 g/mol. The lowest BCUT2D eigenvalue weighted by atomic mass is 10.0. The molecule has 0 aliphatic heterocycles. The summed E-state index contributed by atoms with van der Waals surface area (Å²) in [5.74, 6) is 0.874. The minimum absolute atomic E-state index is 0.218. The fourth-order valence-corrected chi connectivity index (χ4v) is 2.84. The van der Waals surface area contributed by atoms with E-state index in [0.29, 0.717) is 6.61 Å². The number of hydrogen-bond donors (Lipinski definition) is 0. The Labute approximate surface area is 156 Å². The van der Waals surface area contributed by atoms with Crippen LogP contribution in [0.25, 0.3) is 0 Å². The number of nitrogens with zero attached hydrogens (tertiary/aromatic N) is 1. The summed E-state index contributed by atoms with van der Waals surface area (Å²) in [6.07, 6.45) is 4.14. The standard InChI is InChI=1S/C24H25NO/c1-2-9-24(22-12-7-4-8-13-22)25-18-20-14-16-23(17-15-20)26-19-21-10-5-3-6-11-21/h3-8,10-18,24H,2,9,19H2,1H3. The Bertz CT molecular complexity index is 795. The molecule has 3 aromatic carbocycles. The van der Waals surface area contributed by atoms with Gasteiger partial charge in [-0.25, -0.2) is 0 Å². The Balaban J connectivity index is 1.61. The largest absolute Gasteiger partial charge is 0.489 e. The molecule has 0 fully saturated rings. The molecule has 2 heteroatoms. The van der Waals surface area contributed by atoms with E-state index < -0.39 is 0 Å². The van der Waals surface area contributed by atoms with Crippen molar-refractivity contribution in [3.63, 3.8) is 0 Å². The zero-order valence-corrected chi connectivity index (χ0v) is 15.2. The molecule has 0 aliphatic rings.